The van der Waals surface area contributed by atoms with Crippen molar-refractivity contribution >= 4 is 57.6 Å². The van der Waals surface area contributed by atoms with Gasteiger partial charge in [0.15, 0.2) is 5.78 Å². The fourth-order valence-corrected chi connectivity index (χ4v) is 5.05. The second-order valence-corrected chi connectivity index (χ2v) is 11.9. The number of amides is 2. The highest BCUT2D eigenvalue weighted by molar-refractivity contribution is 6.10. The van der Waals surface area contributed by atoms with E-state index in [2.05, 4.69) is 49.6 Å². The third kappa shape index (κ3) is 11.0. The molecule has 4 N–H and O–H groups in total. The quantitative estimate of drug-likeness (QED) is 0.0436. The number of nitrogens with zero attached hydrogens (tertiary/aromatic N) is 3. The molecule has 15 heteroatoms. The van der Waals surface area contributed by atoms with Crippen LogP contribution in [0.25, 0.3) is 11.0 Å². The lowest BCUT2D eigenvalue weighted by Crippen LogP contribution is -2.31. The van der Waals surface area contributed by atoms with Crippen LogP contribution in [0.2, 0.25) is 0 Å². The number of unbranched alkanes of at least 4 members (excludes halogenated alkanes) is 1. The van der Waals surface area contributed by atoms with Crippen molar-refractivity contribution in [3.05, 3.63) is 87.8 Å². The van der Waals surface area contributed by atoms with E-state index in [4.69, 9.17) is 9.47 Å². The number of Topliss-reactive ketones (excluding diaryl/α,β-unsaturated/α-hetero) is 1. The first-order valence-corrected chi connectivity index (χ1v) is 17.1. The summed E-state index contributed by atoms with van der Waals surface area (Å²) in [4.78, 5) is 83.0. The lowest BCUT2D eigenvalue weighted by Gasteiger charge is -2.17. The van der Waals surface area contributed by atoms with E-state index in [1.165, 1.54) is 49.4 Å². The Hall–Kier alpha value is -5.96. The van der Waals surface area contributed by atoms with Gasteiger partial charge in [0, 0.05) is 23.5 Å². The summed E-state index contributed by atoms with van der Waals surface area (Å²) >= 11 is 0. The number of aromatic nitrogens is 2. The van der Waals surface area contributed by atoms with Crippen LogP contribution in [0.1, 0.15) is 78.0 Å². The minimum absolute atomic E-state index is 0.0860. The molecule has 15 nitrogen and oxygen atoms in total. The molecule has 1 unspecified atom stereocenters. The normalized spacial score (nSPS) is 11.8. The number of esters is 2. The van der Waals surface area contributed by atoms with E-state index in [1.54, 1.807) is 18.2 Å². The Kier molecular flexibility index (Phi) is 14.1. The van der Waals surface area contributed by atoms with Crippen LogP contribution in [0.15, 0.2) is 75.7 Å². The van der Waals surface area contributed by atoms with Crippen molar-refractivity contribution < 1.29 is 33.4 Å². The van der Waals surface area contributed by atoms with Crippen LogP contribution >= 0.6 is 0 Å². The van der Waals surface area contributed by atoms with E-state index in [1.807, 2.05) is 6.92 Å². The summed E-state index contributed by atoms with van der Waals surface area (Å²) in [5.74, 6) is -3.08. The van der Waals surface area contributed by atoms with Gasteiger partial charge in [0.2, 0.25) is 6.04 Å². The van der Waals surface area contributed by atoms with Gasteiger partial charge in [-0.25, -0.2) is 14.4 Å². The number of H-pyrrole nitrogens is 2. The number of fused-ring (bicyclic) bond motifs is 1. The highest BCUT2D eigenvalue weighted by atomic mass is 16.5. The van der Waals surface area contributed by atoms with Crippen LogP contribution in [-0.2, 0) is 19.1 Å². The number of carbonyl (C=O) groups excluding carboxylic acids is 5. The molecule has 0 aliphatic rings. The molecular formula is C37H43N7O8. The van der Waals surface area contributed by atoms with E-state index in [9.17, 15) is 28.8 Å². The van der Waals surface area contributed by atoms with Crippen LogP contribution in [0.4, 0.5) is 17.1 Å². The second-order valence-electron chi connectivity index (χ2n) is 11.9. The zero-order chi connectivity index (χ0) is 37.6. The molecule has 1 atom stereocenters. The second kappa shape index (κ2) is 18.9. The lowest BCUT2D eigenvalue weighted by molar-refractivity contribution is -0.126. The van der Waals surface area contributed by atoms with E-state index in [-0.39, 0.29) is 41.3 Å². The number of azo groups is 1. The Labute approximate surface area is 300 Å². The van der Waals surface area contributed by atoms with Gasteiger partial charge in [-0.2, -0.15) is 10.2 Å². The Bertz CT molecular complexity index is 1980. The van der Waals surface area contributed by atoms with Crippen molar-refractivity contribution in [2.45, 2.75) is 53.0 Å². The van der Waals surface area contributed by atoms with Crippen molar-refractivity contribution in [3.63, 3.8) is 0 Å². The van der Waals surface area contributed by atoms with E-state index in [0.717, 1.165) is 26.1 Å². The summed E-state index contributed by atoms with van der Waals surface area (Å²) in [6.45, 7) is 10.3. The molecule has 0 saturated carbocycles. The molecule has 3 aromatic carbocycles. The fraction of sp³-hybridized carbons (Fsp3) is 0.351. The van der Waals surface area contributed by atoms with E-state index < -0.39 is 41.3 Å². The molecule has 4 rings (SSSR count). The van der Waals surface area contributed by atoms with Crippen LogP contribution in [0.3, 0.4) is 0 Å². The lowest BCUT2D eigenvalue weighted by atomic mass is 10.1. The number of anilines is 2. The number of rotatable bonds is 18. The van der Waals surface area contributed by atoms with Gasteiger partial charge in [-0.15, -0.1) is 0 Å². The van der Waals surface area contributed by atoms with Crippen molar-refractivity contribution in [2.24, 2.45) is 10.2 Å². The van der Waals surface area contributed by atoms with Crippen molar-refractivity contribution in [2.75, 3.05) is 43.5 Å². The predicted molar refractivity (Wildman–Crippen MR) is 195 cm³/mol. The smallest absolute Gasteiger partial charge is 0.338 e. The minimum Gasteiger partial charge on any atom is -0.462 e. The maximum absolute atomic E-state index is 13.2. The van der Waals surface area contributed by atoms with Crippen LogP contribution in [0.5, 0.6) is 0 Å². The average Bonchev–Trinajstić information content (AvgIpc) is 3.50. The number of carbonyl (C=O) groups is 5. The molecule has 274 valence electrons. The third-order valence-electron chi connectivity index (χ3n) is 7.97. The van der Waals surface area contributed by atoms with Gasteiger partial charge in [-0.05, 0) is 93.5 Å². The molecule has 0 radical (unpaired) electrons. The van der Waals surface area contributed by atoms with Crippen molar-refractivity contribution in [3.8, 4) is 0 Å². The molecule has 0 spiro atoms. The van der Waals surface area contributed by atoms with E-state index >= 15 is 0 Å². The molecule has 0 bridgehead atoms. The summed E-state index contributed by atoms with van der Waals surface area (Å²) in [7, 11) is 0. The summed E-state index contributed by atoms with van der Waals surface area (Å²) in [6.07, 6.45) is 2.15. The van der Waals surface area contributed by atoms with Crippen molar-refractivity contribution in [1.29, 1.82) is 0 Å². The number of ketones is 1. The standard InChI is InChI=1S/C37H43N7O8/c1-5-8-17-51-35(48)25-19-26(36(49)52-18-9-16-44(6-2)7-3)21-29(20-25)39-33(46)24-10-12-27(13-11-24)42-43-32(23(4)45)34(47)38-28-14-15-30-31(22-28)41-37(50)40-30/h10-15,19-22,32H,5-9,16-18H2,1-4H3,(H,38,47)(H,39,46)(H2,40,41,50)/b43-42+. The molecule has 1 heterocycles. The number of hydrogen-bond acceptors (Lipinski definition) is 11. The molecule has 1 aromatic heterocycles. The fourth-order valence-electron chi connectivity index (χ4n) is 5.05. The molecule has 0 aliphatic carbocycles. The Morgan fingerprint density at radius 2 is 1.38 bits per heavy atom. The van der Waals surface area contributed by atoms with Crippen LogP contribution in [0, 0.1) is 0 Å². The zero-order valence-corrected chi connectivity index (χ0v) is 29.6. The summed E-state index contributed by atoms with van der Waals surface area (Å²) in [6, 6.07) is 13.4. The molecule has 52 heavy (non-hydrogen) atoms. The molecule has 0 fully saturated rings. The monoisotopic (exact) mass is 713 g/mol. The summed E-state index contributed by atoms with van der Waals surface area (Å²) in [5.41, 5.74) is 1.83. The summed E-state index contributed by atoms with van der Waals surface area (Å²) in [5, 5.41) is 13.3. The summed E-state index contributed by atoms with van der Waals surface area (Å²) < 4.78 is 10.8. The zero-order valence-electron chi connectivity index (χ0n) is 29.6. The Balaban J connectivity index is 1.43. The highest BCUT2D eigenvalue weighted by Crippen LogP contribution is 2.21. The first kappa shape index (κ1) is 38.8. The maximum Gasteiger partial charge on any atom is 0.338 e. The minimum atomic E-state index is -1.45. The molecule has 4 aromatic rings. The number of benzene rings is 3. The topological polar surface area (TPSA) is 204 Å². The molecular weight excluding hydrogens is 670 g/mol. The van der Waals surface area contributed by atoms with Crippen LogP contribution in [-0.4, -0.2) is 83.3 Å². The van der Waals surface area contributed by atoms with Crippen LogP contribution < -0.4 is 16.3 Å². The van der Waals surface area contributed by atoms with Gasteiger partial charge in [-0.3, -0.25) is 14.4 Å². The molecule has 0 saturated heterocycles. The van der Waals surface area contributed by atoms with Gasteiger partial charge in [-0.1, -0.05) is 27.2 Å². The Morgan fingerprint density at radius 1 is 0.750 bits per heavy atom. The number of hydrogen-bond donors (Lipinski definition) is 4. The SMILES string of the molecule is CCCCOC(=O)c1cc(NC(=O)c2ccc(/N=N/C(C(C)=O)C(=O)Nc3ccc4[nH]c(=O)[nH]c4c3)cc2)cc(C(=O)OCCCN(CC)CC)c1. The van der Waals surface area contributed by atoms with Gasteiger partial charge >= 0.3 is 17.6 Å². The van der Waals surface area contributed by atoms with Gasteiger partial charge < -0.3 is 35.0 Å². The first-order valence-electron chi connectivity index (χ1n) is 17.1. The van der Waals surface area contributed by atoms with Crippen molar-refractivity contribution in [1.82, 2.24) is 14.9 Å². The predicted octanol–water partition coefficient (Wildman–Crippen LogP) is 5.63. The van der Waals surface area contributed by atoms with Gasteiger partial charge in [0.1, 0.15) is 0 Å². The largest absolute Gasteiger partial charge is 0.462 e. The van der Waals surface area contributed by atoms with Gasteiger partial charge in [0.05, 0.1) is 41.1 Å². The Morgan fingerprint density at radius 3 is 2.00 bits per heavy atom. The number of aromatic amines is 2. The average molecular weight is 714 g/mol. The maximum atomic E-state index is 13.2. The molecule has 2 amide bonds. The van der Waals surface area contributed by atoms with Gasteiger partial charge in [0.25, 0.3) is 11.8 Å². The van der Waals surface area contributed by atoms with E-state index in [0.29, 0.717) is 29.6 Å². The number of nitrogens with one attached hydrogen (secondary N) is 4. The number of ether oxygens (including phenoxy) is 2. The number of imidazole rings is 1. The highest BCUT2D eigenvalue weighted by Gasteiger charge is 2.23. The first-order chi connectivity index (χ1) is 25.0. The molecule has 0 aliphatic heterocycles. The third-order valence-corrected chi connectivity index (χ3v) is 7.97.